The first-order chi connectivity index (χ1) is 13.3. The van der Waals surface area contributed by atoms with E-state index in [9.17, 15) is 9.59 Å². The molecule has 7 heteroatoms. The minimum atomic E-state index is -0.448. The van der Waals surface area contributed by atoms with Crippen molar-refractivity contribution in [3.8, 4) is 5.75 Å². The number of carbonyl (C=O) groups is 2. The number of nitrogens with zero attached hydrogens (tertiary/aromatic N) is 1. The highest BCUT2D eigenvalue weighted by atomic mass is 35.5. The van der Waals surface area contributed by atoms with Crippen LogP contribution < -0.4 is 15.0 Å². The van der Waals surface area contributed by atoms with Gasteiger partial charge in [-0.3, -0.25) is 9.59 Å². The number of nitrogens with one attached hydrogen (secondary N) is 1. The van der Waals surface area contributed by atoms with Crippen LogP contribution in [-0.2, 0) is 9.59 Å². The molecule has 1 fully saturated rings. The summed E-state index contributed by atoms with van der Waals surface area (Å²) in [6, 6.07) is 12.2. The second-order valence-corrected chi connectivity index (χ2v) is 8.06. The predicted molar refractivity (Wildman–Crippen MR) is 112 cm³/mol. The first-order valence-corrected chi connectivity index (χ1v) is 9.88. The van der Waals surface area contributed by atoms with Crippen LogP contribution in [-0.4, -0.2) is 25.0 Å². The average molecular weight is 421 g/mol. The highest BCUT2D eigenvalue weighted by Gasteiger charge is 2.35. The van der Waals surface area contributed by atoms with Gasteiger partial charge in [-0.05, 0) is 48.4 Å². The number of carbonyl (C=O) groups excluding carboxylic acids is 2. The van der Waals surface area contributed by atoms with Crippen LogP contribution in [0.4, 0.5) is 11.4 Å². The number of ether oxygens (including phenoxy) is 1. The molecular formula is C21H22Cl2N2O3. The van der Waals surface area contributed by atoms with E-state index < -0.39 is 5.92 Å². The molecule has 0 unspecified atom stereocenters. The number of hydrogen-bond acceptors (Lipinski definition) is 3. The zero-order chi connectivity index (χ0) is 20.3. The molecule has 0 bridgehead atoms. The van der Waals surface area contributed by atoms with Gasteiger partial charge in [-0.15, -0.1) is 0 Å². The molecule has 5 nitrogen and oxygen atoms in total. The lowest BCUT2D eigenvalue weighted by Gasteiger charge is -2.17. The van der Waals surface area contributed by atoms with E-state index in [1.807, 2.05) is 24.3 Å². The van der Waals surface area contributed by atoms with Gasteiger partial charge in [-0.25, -0.2) is 0 Å². The van der Waals surface area contributed by atoms with Gasteiger partial charge in [0.15, 0.2) is 0 Å². The van der Waals surface area contributed by atoms with E-state index in [1.54, 1.807) is 23.1 Å². The van der Waals surface area contributed by atoms with E-state index in [1.165, 1.54) is 0 Å². The predicted octanol–water partition coefficient (Wildman–Crippen LogP) is 5.02. The lowest BCUT2D eigenvalue weighted by molar-refractivity contribution is -0.122. The summed E-state index contributed by atoms with van der Waals surface area (Å²) in [4.78, 5) is 26.6. The zero-order valence-electron chi connectivity index (χ0n) is 15.7. The highest BCUT2D eigenvalue weighted by molar-refractivity contribution is 6.36. The van der Waals surface area contributed by atoms with Crippen molar-refractivity contribution in [1.82, 2.24) is 0 Å². The molecule has 0 radical (unpaired) electrons. The molecule has 0 spiro atoms. The van der Waals surface area contributed by atoms with E-state index in [4.69, 9.17) is 27.9 Å². The lowest BCUT2D eigenvalue weighted by atomic mass is 10.1. The molecule has 28 heavy (non-hydrogen) atoms. The number of halogens is 2. The SMILES string of the molecule is CC(C)COc1ccc(N2C[C@@H](C(=O)Nc3ccc(Cl)cc3Cl)CC2=O)cc1. The van der Waals surface area contributed by atoms with Crippen LogP contribution in [0.3, 0.4) is 0 Å². The largest absolute Gasteiger partial charge is 0.493 e. The van der Waals surface area contributed by atoms with E-state index in [0.717, 1.165) is 11.4 Å². The summed E-state index contributed by atoms with van der Waals surface area (Å²) in [6.07, 6.45) is 0.155. The quantitative estimate of drug-likeness (QED) is 0.713. The number of amides is 2. The highest BCUT2D eigenvalue weighted by Crippen LogP contribution is 2.30. The maximum absolute atomic E-state index is 12.6. The second kappa shape index (κ2) is 8.84. The number of benzene rings is 2. The molecule has 148 valence electrons. The van der Waals surface area contributed by atoms with Crippen LogP contribution in [0.15, 0.2) is 42.5 Å². The van der Waals surface area contributed by atoms with Gasteiger partial charge in [0.05, 0.1) is 23.2 Å². The van der Waals surface area contributed by atoms with Crippen molar-refractivity contribution in [1.29, 1.82) is 0 Å². The maximum atomic E-state index is 12.6. The van der Waals surface area contributed by atoms with Crippen LogP contribution in [0.2, 0.25) is 10.0 Å². The smallest absolute Gasteiger partial charge is 0.229 e. The van der Waals surface area contributed by atoms with Gasteiger partial charge in [0.2, 0.25) is 11.8 Å². The normalized spacial score (nSPS) is 16.5. The van der Waals surface area contributed by atoms with Crippen LogP contribution in [0.5, 0.6) is 5.75 Å². The molecule has 1 aliphatic heterocycles. The summed E-state index contributed by atoms with van der Waals surface area (Å²) in [5, 5.41) is 3.63. The molecule has 1 aliphatic rings. The minimum Gasteiger partial charge on any atom is -0.493 e. The standard InChI is InChI=1S/C21H22Cl2N2O3/c1-13(2)12-28-17-6-4-16(5-7-17)25-11-14(9-20(25)26)21(27)24-19-8-3-15(22)10-18(19)23/h3-8,10,13-14H,9,11-12H2,1-2H3,(H,24,27)/t14-/m0/s1. The van der Waals surface area contributed by atoms with Crippen molar-refractivity contribution in [3.05, 3.63) is 52.5 Å². The van der Waals surface area contributed by atoms with E-state index in [2.05, 4.69) is 19.2 Å². The fourth-order valence-electron chi connectivity index (χ4n) is 2.94. The van der Waals surface area contributed by atoms with Gasteiger partial charge in [0.1, 0.15) is 5.75 Å². The summed E-state index contributed by atoms with van der Waals surface area (Å²) < 4.78 is 5.67. The van der Waals surface area contributed by atoms with Gasteiger partial charge >= 0.3 is 0 Å². The molecule has 0 saturated carbocycles. The Kier molecular flexibility index (Phi) is 6.47. The van der Waals surface area contributed by atoms with E-state index in [0.29, 0.717) is 34.8 Å². The van der Waals surface area contributed by atoms with Crippen molar-refractivity contribution in [2.24, 2.45) is 11.8 Å². The van der Waals surface area contributed by atoms with E-state index in [-0.39, 0.29) is 18.2 Å². The first-order valence-electron chi connectivity index (χ1n) is 9.12. The third-order valence-electron chi connectivity index (χ3n) is 4.42. The average Bonchev–Trinajstić information content (AvgIpc) is 3.04. The van der Waals surface area contributed by atoms with Crippen molar-refractivity contribution < 1.29 is 14.3 Å². The second-order valence-electron chi connectivity index (χ2n) is 7.22. The third kappa shape index (κ3) is 4.97. The molecule has 1 N–H and O–H groups in total. The van der Waals surface area contributed by atoms with Crippen LogP contribution in [0.25, 0.3) is 0 Å². The molecule has 1 atom stereocenters. The Labute approximate surface area is 174 Å². The first kappa shape index (κ1) is 20.5. The van der Waals surface area contributed by atoms with Gasteiger partial charge < -0.3 is 15.0 Å². The van der Waals surface area contributed by atoms with E-state index >= 15 is 0 Å². The molecular weight excluding hydrogens is 399 g/mol. The Balaban J connectivity index is 1.63. The summed E-state index contributed by atoms with van der Waals surface area (Å²) in [6.45, 7) is 5.12. The van der Waals surface area contributed by atoms with Crippen molar-refractivity contribution in [2.75, 3.05) is 23.4 Å². The number of rotatable bonds is 6. The van der Waals surface area contributed by atoms with Crippen LogP contribution in [0.1, 0.15) is 20.3 Å². The van der Waals surface area contributed by atoms with Crippen LogP contribution in [0, 0.1) is 11.8 Å². The Morgan fingerprint density at radius 2 is 1.93 bits per heavy atom. The van der Waals surface area contributed by atoms with Gasteiger partial charge in [0, 0.05) is 23.7 Å². The number of anilines is 2. The van der Waals surface area contributed by atoms with Crippen molar-refractivity contribution >= 4 is 46.4 Å². The van der Waals surface area contributed by atoms with Gasteiger partial charge in [-0.1, -0.05) is 37.0 Å². The minimum absolute atomic E-state index is 0.0850. The Bertz CT molecular complexity index is 868. The summed E-state index contributed by atoms with van der Waals surface area (Å²) in [7, 11) is 0. The summed E-state index contributed by atoms with van der Waals surface area (Å²) in [5.41, 5.74) is 1.23. The lowest BCUT2D eigenvalue weighted by Crippen LogP contribution is -2.28. The number of hydrogen-bond donors (Lipinski definition) is 1. The third-order valence-corrected chi connectivity index (χ3v) is 4.96. The Hall–Kier alpha value is -2.24. The Morgan fingerprint density at radius 1 is 1.21 bits per heavy atom. The fraction of sp³-hybridized carbons (Fsp3) is 0.333. The summed E-state index contributed by atoms with van der Waals surface area (Å²) >= 11 is 12.0. The van der Waals surface area contributed by atoms with Gasteiger partial charge in [-0.2, -0.15) is 0 Å². The summed E-state index contributed by atoms with van der Waals surface area (Å²) in [5.74, 6) is 0.426. The molecule has 2 aromatic rings. The molecule has 3 rings (SSSR count). The Morgan fingerprint density at radius 3 is 2.57 bits per heavy atom. The molecule has 2 aromatic carbocycles. The fourth-order valence-corrected chi connectivity index (χ4v) is 3.40. The molecule has 1 saturated heterocycles. The zero-order valence-corrected chi connectivity index (χ0v) is 17.3. The monoisotopic (exact) mass is 420 g/mol. The van der Waals surface area contributed by atoms with Gasteiger partial charge in [0.25, 0.3) is 0 Å². The molecule has 1 heterocycles. The molecule has 0 aliphatic carbocycles. The molecule has 0 aromatic heterocycles. The van der Waals surface area contributed by atoms with Crippen molar-refractivity contribution in [2.45, 2.75) is 20.3 Å². The van der Waals surface area contributed by atoms with Crippen LogP contribution >= 0.6 is 23.2 Å². The molecule has 2 amide bonds. The van der Waals surface area contributed by atoms with Crippen molar-refractivity contribution in [3.63, 3.8) is 0 Å². The maximum Gasteiger partial charge on any atom is 0.229 e. The topological polar surface area (TPSA) is 58.6 Å².